The lowest BCUT2D eigenvalue weighted by atomic mass is 10.0. The number of benzene rings is 2. The molecule has 4 aromatic rings. The Labute approximate surface area is 161 Å². The molecule has 0 fully saturated rings. The van der Waals surface area contributed by atoms with Crippen LogP contribution >= 0.6 is 11.6 Å². The summed E-state index contributed by atoms with van der Waals surface area (Å²) in [5.74, 6) is 0.296. The van der Waals surface area contributed by atoms with Crippen LogP contribution in [0.25, 0.3) is 16.8 Å². The number of hydrogen-bond acceptors (Lipinski definition) is 3. The number of pyridine rings is 1. The molecule has 2 aromatic heterocycles. The van der Waals surface area contributed by atoms with Gasteiger partial charge in [0.25, 0.3) is 0 Å². The molecule has 0 amide bonds. The van der Waals surface area contributed by atoms with Crippen LogP contribution in [0.4, 0.5) is 4.39 Å². The summed E-state index contributed by atoms with van der Waals surface area (Å²) in [4.78, 5) is 0. The van der Waals surface area contributed by atoms with Gasteiger partial charge in [-0.05, 0) is 43.2 Å². The lowest BCUT2D eigenvalue weighted by molar-refractivity contribution is 0.404. The molecule has 0 unspecified atom stereocenters. The van der Waals surface area contributed by atoms with Crippen molar-refractivity contribution in [1.29, 1.82) is 0 Å². The molecule has 2 heterocycles. The summed E-state index contributed by atoms with van der Waals surface area (Å²) in [5, 5.41) is 8.97. The lowest BCUT2D eigenvalue weighted by Crippen LogP contribution is -2.03. The molecule has 4 rings (SSSR count). The van der Waals surface area contributed by atoms with Gasteiger partial charge in [-0.25, -0.2) is 4.39 Å². The van der Waals surface area contributed by atoms with Gasteiger partial charge in [-0.3, -0.25) is 4.40 Å². The molecule has 136 valence electrons. The highest BCUT2D eigenvalue weighted by molar-refractivity contribution is 6.33. The molecule has 2 aromatic carbocycles. The number of halogens is 2. The van der Waals surface area contributed by atoms with E-state index in [-0.39, 0.29) is 5.82 Å². The SMILES string of the molecule is COc1cccc(F)c1CCc1ccc(-c2ccccc2Cl)c2nncn12. The average Bonchev–Trinajstić information content (AvgIpc) is 3.17. The fraction of sp³-hybridized carbons (Fsp3) is 0.143. The Bertz CT molecular complexity index is 1110. The Balaban J connectivity index is 1.70. The fourth-order valence-corrected chi connectivity index (χ4v) is 3.52. The van der Waals surface area contributed by atoms with Gasteiger partial charge in [0.05, 0.1) is 7.11 Å². The van der Waals surface area contributed by atoms with Crippen molar-refractivity contribution < 1.29 is 9.13 Å². The summed E-state index contributed by atoms with van der Waals surface area (Å²) < 4.78 is 21.4. The van der Waals surface area contributed by atoms with Crippen LogP contribution in [-0.2, 0) is 12.8 Å². The van der Waals surface area contributed by atoms with E-state index in [0.29, 0.717) is 29.2 Å². The quantitative estimate of drug-likeness (QED) is 0.489. The predicted molar refractivity (Wildman–Crippen MR) is 104 cm³/mol. The van der Waals surface area contributed by atoms with Crippen molar-refractivity contribution in [3.05, 3.63) is 83.0 Å². The second-order valence-electron chi connectivity index (χ2n) is 6.16. The van der Waals surface area contributed by atoms with Gasteiger partial charge in [0.1, 0.15) is 17.9 Å². The Kier molecular flexibility index (Phi) is 4.77. The van der Waals surface area contributed by atoms with Crippen LogP contribution in [0.5, 0.6) is 5.75 Å². The fourth-order valence-electron chi connectivity index (χ4n) is 3.28. The van der Waals surface area contributed by atoms with Crippen LogP contribution in [0.15, 0.2) is 60.9 Å². The number of nitrogens with zero attached hydrogens (tertiary/aromatic N) is 3. The van der Waals surface area contributed by atoms with Crippen molar-refractivity contribution >= 4 is 17.2 Å². The topological polar surface area (TPSA) is 39.4 Å². The Morgan fingerprint density at radius 1 is 1.00 bits per heavy atom. The largest absolute Gasteiger partial charge is 0.496 e. The minimum atomic E-state index is -0.262. The molecule has 27 heavy (non-hydrogen) atoms. The average molecular weight is 382 g/mol. The summed E-state index contributed by atoms with van der Waals surface area (Å²) in [6.07, 6.45) is 2.80. The molecule has 0 N–H and O–H groups in total. The molecule has 0 atom stereocenters. The molecule has 6 heteroatoms. The summed E-state index contributed by atoms with van der Waals surface area (Å²) in [6, 6.07) is 16.5. The third-order valence-corrected chi connectivity index (χ3v) is 4.96. The molecule has 0 saturated carbocycles. The number of fused-ring (bicyclic) bond motifs is 1. The summed E-state index contributed by atoms with van der Waals surface area (Å²) in [5.41, 5.74) is 4.08. The second-order valence-corrected chi connectivity index (χ2v) is 6.57. The molecule has 0 aliphatic rings. The zero-order valence-electron chi connectivity index (χ0n) is 14.7. The van der Waals surface area contributed by atoms with Gasteiger partial charge in [0.2, 0.25) is 0 Å². The van der Waals surface area contributed by atoms with Gasteiger partial charge in [0, 0.05) is 27.4 Å². The van der Waals surface area contributed by atoms with E-state index in [1.807, 2.05) is 40.8 Å². The summed E-state index contributed by atoms with van der Waals surface area (Å²) in [6.45, 7) is 0. The summed E-state index contributed by atoms with van der Waals surface area (Å²) in [7, 11) is 1.55. The van der Waals surface area contributed by atoms with E-state index in [9.17, 15) is 4.39 Å². The van der Waals surface area contributed by atoms with E-state index in [0.717, 1.165) is 22.5 Å². The van der Waals surface area contributed by atoms with Crippen molar-refractivity contribution in [2.45, 2.75) is 12.8 Å². The van der Waals surface area contributed by atoms with E-state index < -0.39 is 0 Å². The minimum Gasteiger partial charge on any atom is -0.496 e. The van der Waals surface area contributed by atoms with E-state index in [1.54, 1.807) is 25.6 Å². The molecular weight excluding hydrogens is 365 g/mol. The van der Waals surface area contributed by atoms with Gasteiger partial charge in [-0.15, -0.1) is 10.2 Å². The summed E-state index contributed by atoms with van der Waals surface area (Å²) >= 11 is 6.34. The van der Waals surface area contributed by atoms with Crippen LogP contribution in [-0.4, -0.2) is 21.7 Å². The second kappa shape index (κ2) is 7.37. The van der Waals surface area contributed by atoms with Gasteiger partial charge in [0.15, 0.2) is 5.65 Å². The number of aromatic nitrogens is 3. The molecule has 0 aliphatic carbocycles. The van der Waals surface area contributed by atoms with E-state index in [4.69, 9.17) is 16.3 Å². The highest BCUT2D eigenvalue weighted by Crippen LogP contribution is 2.31. The maximum atomic E-state index is 14.2. The Morgan fingerprint density at radius 3 is 2.67 bits per heavy atom. The molecule has 0 spiro atoms. The van der Waals surface area contributed by atoms with Gasteiger partial charge in [-0.1, -0.05) is 35.9 Å². The third-order valence-electron chi connectivity index (χ3n) is 4.63. The maximum absolute atomic E-state index is 14.2. The molecule has 0 radical (unpaired) electrons. The predicted octanol–water partition coefficient (Wildman–Crippen LogP) is 4.98. The number of aryl methyl sites for hydroxylation is 1. The van der Waals surface area contributed by atoms with E-state index in [2.05, 4.69) is 10.2 Å². The van der Waals surface area contributed by atoms with Crippen molar-refractivity contribution in [2.75, 3.05) is 7.11 Å². The maximum Gasteiger partial charge on any atom is 0.168 e. The number of hydrogen-bond donors (Lipinski definition) is 0. The zero-order chi connectivity index (χ0) is 18.8. The van der Waals surface area contributed by atoms with Crippen LogP contribution < -0.4 is 4.74 Å². The number of methoxy groups -OCH3 is 1. The standard InChI is InChI=1S/C21H17ClFN3O/c1-27-20-8-4-7-19(23)17(20)12-10-14-9-11-16(21-25-24-13-26(14)21)15-5-2-3-6-18(15)22/h2-9,11,13H,10,12H2,1H3. The third kappa shape index (κ3) is 3.26. The van der Waals surface area contributed by atoms with Gasteiger partial charge >= 0.3 is 0 Å². The van der Waals surface area contributed by atoms with Gasteiger partial charge in [-0.2, -0.15) is 0 Å². The molecule has 4 nitrogen and oxygen atoms in total. The first-order valence-electron chi connectivity index (χ1n) is 8.57. The van der Waals surface area contributed by atoms with Crippen LogP contribution in [0.3, 0.4) is 0 Å². The number of rotatable bonds is 5. The van der Waals surface area contributed by atoms with Crippen molar-refractivity contribution in [1.82, 2.24) is 14.6 Å². The molecule has 0 aliphatic heterocycles. The minimum absolute atomic E-state index is 0.262. The van der Waals surface area contributed by atoms with Crippen LogP contribution in [0.1, 0.15) is 11.3 Å². The molecule has 0 bridgehead atoms. The normalized spacial score (nSPS) is 11.1. The number of ether oxygens (including phenoxy) is 1. The lowest BCUT2D eigenvalue weighted by Gasteiger charge is -2.12. The van der Waals surface area contributed by atoms with Crippen molar-refractivity contribution in [3.8, 4) is 16.9 Å². The zero-order valence-corrected chi connectivity index (χ0v) is 15.4. The van der Waals surface area contributed by atoms with Crippen molar-refractivity contribution in [2.24, 2.45) is 0 Å². The Hall–Kier alpha value is -2.92. The smallest absolute Gasteiger partial charge is 0.168 e. The molecular formula is C21H17ClFN3O. The first-order valence-corrected chi connectivity index (χ1v) is 8.94. The first-order chi connectivity index (χ1) is 13.2. The van der Waals surface area contributed by atoms with Crippen LogP contribution in [0.2, 0.25) is 5.02 Å². The highest BCUT2D eigenvalue weighted by atomic mass is 35.5. The van der Waals surface area contributed by atoms with E-state index >= 15 is 0 Å². The monoisotopic (exact) mass is 381 g/mol. The van der Waals surface area contributed by atoms with Gasteiger partial charge < -0.3 is 4.74 Å². The highest BCUT2D eigenvalue weighted by Gasteiger charge is 2.14. The first kappa shape index (κ1) is 17.5. The van der Waals surface area contributed by atoms with Crippen LogP contribution in [0, 0.1) is 5.82 Å². The van der Waals surface area contributed by atoms with Crippen molar-refractivity contribution in [3.63, 3.8) is 0 Å². The Morgan fingerprint density at radius 2 is 1.85 bits per heavy atom. The van der Waals surface area contributed by atoms with E-state index in [1.165, 1.54) is 6.07 Å². The molecule has 0 saturated heterocycles.